The molecule has 4 aromatic carbocycles. The van der Waals surface area contributed by atoms with Crippen LogP contribution in [0.3, 0.4) is 0 Å². The van der Waals surface area contributed by atoms with Crippen molar-refractivity contribution in [3.63, 3.8) is 0 Å². The molecule has 1 aliphatic heterocycles. The van der Waals surface area contributed by atoms with E-state index < -0.39 is 46.1 Å². The number of phenols is 5. The highest BCUT2D eigenvalue weighted by atomic mass is 16.5. The van der Waals surface area contributed by atoms with Gasteiger partial charge < -0.3 is 39.8 Å². The Morgan fingerprint density at radius 1 is 0.718 bits per heavy atom. The molecule has 0 fully saturated rings. The van der Waals surface area contributed by atoms with Gasteiger partial charge in [-0.05, 0) is 32.9 Å². The van der Waals surface area contributed by atoms with Crippen LogP contribution in [0.5, 0.6) is 40.2 Å². The summed E-state index contributed by atoms with van der Waals surface area (Å²) < 4.78 is 11.6. The van der Waals surface area contributed by atoms with Crippen LogP contribution < -0.4 is 10.2 Å². The van der Waals surface area contributed by atoms with Crippen molar-refractivity contribution in [1.82, 2.24) is 0 Å². The van der Waals surface area contributed by atoms with Gasteiger partial charge in [0.15, 0.2) is 11.2 Å². The van der Waals surface area contributed by atoms with Gasteiger partial charge >= 0.3 is 0 Å². The van der Waals surface area contributed by atoms with Gasteiger partial charge in [-0.2, -0.15) is 0 Å². The quantitative estimate of drug-likeness (QED) is 0.162. The SMILES string of the molecule is Cc1oc2cc3c(-c4c(O)cc(O)c5c(O)c6c(cc45)OC(C)CC6=O)c(=O)cc(O)c3c(O)c2c(O)c1C. The Kier molecular flexibility index (Phi) is 4.93. The molecule has 1 unspecified atom stereocenters. The zero-order valence-electron chi connectivity index (χ0n) is 20.9. The van der Waals surface area contributed by atoms with Crippen molar-refractivity contribution >= 4 is 38.3 Å². The zero-order chi connectivity index (χ0) is 28.1. The smallest absolute Gasteiger partial charge is 0.190 e. The van der Waals surface area contributed by atoms with Gasteiger partial charge in [0.25, 0.3) is 0 Å². The van der Waals surface area contributed by atoms with Crippen LogP contribution in [0.4, 0.5) is 0 Å². The Labute approximate surface area is 219 Å². The van der Waals surface area contributed by atoms with Crippen molar-refractivity contribution in [2.24, 2.45) is 0 Å². The predicted molar refractivity (Wildman–Crippen MR) is 141 cm³/mol. The maximum Gasteiger partial charge on any atom is 0.190 e. The van der Waals surface area contributed by atoms with Crippen LogP contribution in [0.15, 0.2) is 33.5 Å². The van der Waals surface area contributed by atoms with E-state index in [0.717, 1.165) is 12.1 Å². The van der Waals surface area contributed by atoms with Gasteiger partial charge in [0.05, 0.1) is 10.8 Å². The van der Waals surface area contributed by atoms with Crippen molar-refractivity contribution in [2.75, 3.05) is 0 Å². The molecule has 0 radical (unpaired) electrons. The Morgan fingerprint density at radius 2 is 1.36 bits per heavy atom. The van der Waals surface area contributed by atoms with E-state index in [1.54, 1.807) is 20.8 Å². The number of rotatable bonds is 1. The maximum absolute atomic E-state index is 13.4. The van der Waals surface area contributed by atoms with Gasteiger partial charge in [0.1, 0.15) is 68.6 Å². The molecule has 0 amide bonds. The minimum absolute atomic E-state index is 0.00240. The van der Waals surface area contributed by atoms with Crippen LogP contribution in [-0.2, 0) is 0 Å². The third-order valence-electron chi connectivity index (χ3n) is 7.34. The molecule has 1 atom stereocenters. The summed E-state index contributed by atoms with van der Waals surface area (Å²) in [5.74, 6) is -3.15. The first-order valence-corrected chi connectivity index (χ1v) is 12.0. The predicted octanol–water partition coefficient (Wildman–Crippen LogP) is 4.97. The van der Waals surface area contributed by atoms with Gasteiger partial charge in [0, 0.05) is 46.0 Å². The minimum atomic E-state index is -0.767. The lowest BCUT2D eigenvalue weighted by atomic mass is 9.88. The number of hydrogen-bond acceptors (Lipinski definition) is 10. The number of fused-ring (bicyclic) bond motifs is 4. The van der Waals surface area contributed by atoms with E-state index in [1.807, 2.05) is 0 Å². The molecule has 0 bridgehead atoms. The first-order valence-electron chi connectivity index (χ1n) is 12.0. The van der Waals surface area contributed by atoms with Gasteiger partial charge in [-0.1, -0.05) is 0 Å². The molecule has 6 rings (SSSR count). The van der Waals surface area contributed by atoms with Crippen molar-refractivity contribution in [2.45, 2.75) is 33.3 Å². The van der Waals surface area contributed by atoms with Crippen LogP contribution in [-0.4, -0.2) is 42.5 Å². The number of carbonyl (C=O) groups is 1. The van der Waals surface area contributed by atoms with Crippen molar-refractivity contribution in [3.05, 3.63) is 51.4 Å². The molecular weight excluding hydrogens is 508 g/mol. The summed E-state index contributed by atoms with van der Waals surface area (Å²) in [6.07, 6.45) is -0.503. The van der Waals surface area contributed by atoms with Gasteiger partial charge in [-0.3, -0.25) is 9.59 Å². The highest BCUT2D eigenvalue weighted by Gasteiger charge is 2.32. The molecule has 0 saturated heterocycles. The number of hydrogen-bond donors (Lipinski definition) is 6. The Balaban J connectivity index is 1.83. The number of ketones is 1. The highest BCUT2D eigenvalue weighted by Crippen LogP contribution is 2.52. The summed E-state index contributed by atoms with van der Waals surface area (Å²) in [6.45, 7) is 4.86. The number of carbonyl (C=O) groups excluding carboxylic acids is 1. The van der Waals surface area contributed by atoms with E-state index in [-0.39, 0.29) is 67.1 Å². The van der Waals surface area contributed by atoms with E-state index in [1.165, 1.54) is 12.1 Å². The third-order valence-corrected chi connectivity index (χ3v) is 7.34. The standard InChI is InChI=1S/C29H22O10/c1-9-4-14(30)25-19(38-9)5-12-21(15(31)7-17(33)23(12)28(25)36)22-13-6-20-26(27(35)10(2)11(3)39-20)29(37)24(13)18(34)8-16(22)32/h5-9,31,33-37H,4H2,1-3H3. The molecular formula is C29H22O10. The van der Waals surface area contributed by atoms with Crippen LogP contribution in [0.25, 0.3) is 43.6 Å². The molecule has 2 heterocycles. The summed E-state index contributed by atoms with van der Waals surface area (Å²) in [6, 6.07) is 4.45. The van der Waals surface area contributed by atoms with Crippen LogP contribution in [0.1, 0.15) is 35.0 Å². The van der Waals surface area contributed by atoms with Crippen LogP contribution >= 0.6 is 0 Å². The fourth-order valence-corrected chi connectivity index (χ4v) is 5.42. The summed E-state index contributed by atoms with van der Waals surface area (Å²) in [4.78, 5) is 26.1. The monoisotopic (exact) mass is 530 g/mol. The minimum Gasteiger partial charge on any atom is -0.507 e. The lowest BCUT2D eigenvalue weighted by Gasteiger charge is -2.25. The normalized spacial score (nSPS) is 15.2. The van der Waals surface area contributed by atoms with Crippen molar-refractivity contribution in [3.8, 4) is 51.4 Å². The average Bonchev–Trinajstić information content (AvgIpc) is 2.83. The molecule has 6 N–H and O–H groups in total. The molecule has 198 valence electrons. The van der Waals surface area contributed by atoms with Crippen molar-refractivity contribution in [1.29, 1.82) is 0 Å². The van der Waals surface area contributed by atoms with E-state index in [0.29, 0.717) is 11.3 Å². The number of Topliss-reactive ketones (excluding diaryl/α,β-unsaturated/α-hetero) is 1. The summed E-state index contributed by atoms with van der Waals surface area (Å²) in [5.41, 5.74) is -0.895. The molecule has 0 aliphatic carbocycles. The Bertz CT molecular complexity index is 2000. The Hall–Kier alpha value is -5.12. The second-order valence-corrected chi connectivity index (χ2v) is 9.79. The molecule has 5 aromatic rings. The van der Waals surface area contributed by atoms with Gasteiger partial charge in [-0.15, -0.1) is 0 Å². The molecule has 10 heteroatoms. The summed E-state index contributed by atoms with van der Waals surface area (Å²) >= 11 is 0. The molecule has 10 nitrogen and oxygen atoms in total. The van der Waals surface area contributed by atoms with E-state index in [9.17, 15) is 40.2 Å². The number of ether oxygens (including phenoxy) is 1. The lowest BCUT2D eigenvalue weighted by molar-refractivity contribution is 0.0867. The molecule has 39 heavy (non-hydrogen) atoms. The van der Waals surface area contributed by atoms with E-state index in [4.69, 9.17) is 9.15 Å². The lowest BCUT2D eigenvalue weighted by Crippen LogP contribution is -2.24. The molecule has 0 spiro atoms. The number of benzene rings is 4. The Morgan fingerprint density at radius 3 is 2.08 bits per heavy atom. The zero-order valence-corrected chi connectivity index (χ0v) is 20.9. The first-order chi connectivity index (χ1) is 18.4. The van der Waals surface area contributed by atoms with Crippen LogP contribution in [0.2, 0.25) is 0 Å². The second-order valence-electron chi connectivity index (χ2n) is 9.79. The summed E-state index contributed by atoms with van der Waals surface area (Å²) in [5, 5.41) is 64.8. The fourth-order valence-electron chi connectivity index (χ4n) is 5.42. The van der Waals surface area contributed by atoms with E-state index >= 15 is 0 Å². The third kappa shape index (κ3) is 3.21. The van der Waals surface area contributed by atoms with Gasteiger partial charge in [0.2, 0.25) is 0 Å². The molecule has 0 saturated carbocycles. The van der Waals surface area contributed by atoms with Crippen molar-refractivity contribution < 1.29 is 44.6 Å². The largest absolute Gasteiger partial charge is 0.507 e. The average molecular weight is 530 g/mol. The van der Waals surface area contributed by atoms with E-state index in [2.05, 4.69) is 0 Å². The topological polar surface area (TPSA) is 178 Å². The molecule has 1 aliphatic rings. The first kappa shape index (κ1) is 24.2. The number of phenolic OH excluding ortho intramolecular Hbond substituents is 5. The summed E-state index contributed by atoms with van der Waals surface area (Å²) in [7, 11) is 0. The van der Waals surface area contributed by atoms with Crippen LogP contribution in [0, 0.1) is 13.8 Å². The second kappa shape index (κ2) is 7.94. The van der Waals surface area contributed by atoms with Gasteiger partial charge in [-0.25, -0.2) is 0 Å². The molecule has 1 aromatic heterocycles. The highest BCUT2D eigenvalue weighted by molar-refractivity contribution is 6.18. The maximum atomic E-state index is 13.4. The number of aryl methyl sites for hydroxylation is 1. The fraction of sp³-hybridized carbons (Fsp3) is 0.172. The number of aromatic hydroxyl groups is 6.